The van der Waals surface area contributed by atoms with Gasteiger partial charge in [0.15, 0.2) is 0 Å². The van der Waals surface area contributed by atoms with Gasteiger partial charge < -0.3 is 10.0 Å². The quantitative estimate of drug-likeness (QED) is 0.682. The maximum atomic E-state index is 11.7. The third kappa shape index (κ3) is 4.06. The van der Waals surface area contributed by atoms with E-state index in [0.29, 0.717) is 25.2 Å². The van der Waals surface area contributed by atoms with Crippen LogP contribution in [0.3, 0.4) is 0 Å². The van der Waals surface area contributed by atoms with Crippen LogP contribution in [-0.2, 0) is 9.59 Å². The van der Waals surface area contributed by atoms with Crippen molar-refractivity contribution in [3.8, 4) is 0 Å². The molecule has 0 atom stereocenters. The number of hydrogen-bond donors (Lipinski definition) is 2. The average molecular weight is 267 g/mol. The molecule has 19 heavy (non-hydrogen) atoms. The highest BCUT2D eigenvalue weighted by atomic mass is 16.4. The number of carbonyl (C=O) groups excluding carboxylic acids is 2. The van der Waals surface area contributed by atoms with E-state index in [2.05, 4.69) is 10.2 Å². The molecule has 0 aromatic rings. The molecule has 1 saturated heterocycles. The molecular weight excluding hydrogens is 250 g/mol. The Hall–Kier alpha value is -1.89. The van der Waals surface area contributed by atoms with Gasteiger partial charge in [0.1, 0.15) is 0 Å². The summed E-state index contributed by atoms with van der Waals surface area (Å²) in [5.41, 5.74) is 0. The summed E-state index contributed by atoms with van der Waals surface area (Å²) in [5, 5.41) is 10.5. The van der Waals surface area contributed by atoms with Crippen molar-refractivity contribution in [1.29, 1.82) is 0 Å². The molecule has 0 unspecified atom stereocenters. The number of carboxylic acid groups (broad SMARTS) is 1. The minimum atomic E-state index is -1.22. The Balaban J connectivity index is 1.74. The first-order valence-corrected chi connectivity index (χ1v) is 6.31. The van der Waals surface area contributed by atoms with Gasteiger partial charge in [-0.25, -0.2) is 9.59 Å². The van der Waals surface area contributed by atoms with Crippen LogP contribution in [-0.4, -0.2) is 65.0 Å². The van der Waals surface area contributed by atoms with Gasteiger partial charge in [-0.1, -0.05) is 0 Å². The minimum Gasteiger partial charge on any atom is -0.478 e. The van der Waals surface area contributed by atoms with Crippen LogP contribution in [0.1, 0.15) is 12.8 Å². The predicted octanol–water partition coefficient (Wildman–Crippen LogP) is -0.357. The first-order chi connectivity index (χ1) is 9.06. The molecular formula is C12H17N3O4. The van der Waals surface area contributed by atoms with Crippen molar-refractivity contribution >= 4 is 17.9 Å². The van der Waals surface area contributed by atoms with Crippen LogP contribution in [0, 0.1) is 0 Å². The maximum Gasteiger partial charge on any atom is 0.328 e. The van der Waals surface area contributed by atoms with E-state index in [1.807, 2.05) is 0 Å². The Labute approximate surface area is 110 Å². The fraction of sp³-hybridized carbons (Fsp3) is 0.583. The lowest BCUT2D eigenvalue weighted by atomic mass is 10.3. The van der Waals surface area contributed by atoms with Crippen molar-refractivity contribution in [2.75, 3.05) is 26.2 Å². The Morgan fingerprint density at radius 2 is 1.68 bits per heavy atom. The monoisotopic (exact) mass is 267 g/mol. The molecule has 2 N–H and O–H groups in total. The lowest BCUT2D eigenvalue weighted by molar-refractivity contribution is -0.131. The number of carbonyl (C=O) groups is 3. The van der Waals surface area contributed by atoms with Gasteiger partial charge in [-0.15, -0.1) is 0 Å². The van der Waals surface area contributed by atoms with Crippen LogP contribution in [0.25, 0.3) is 0 Å². The lowest BCUT2D eigenvalue weighted by Crippen LogP contribution is -2.53. The number of hydrogen-bond acceptors (Lipinski definition) is 4. The van der Waals surface area contributed by atoms with E-state index < -0.39 is 17.9 Å². The topological polar surface area (TPSA) is 89.9 Å². The van der Waals surface area contributed by atoms with Gasteiger partial charge in [0.05, 0.1) is 0 Å². The molecule has 2 aliphatic rings. The number of amides is 3. The molecule has 2 fully saturated rings. The van der Waals surface area contributed by atoms with E-state index in [9.17, 15) is 14.4 Å². The summed E-state index contributed by atoms with van der Waals surface area (Å²) in [6.45, 7) is 2.85. The molecule has 1 aliphatic carbocycles. The molecule has 1 heterocycles. The van der Waals surface area contributed by atoms with E-state index in [1.165, 1.54) is 12.8 Å². The Morgan fingerprint density at radius 3 is 2.21 bits per heavy atom. The summed E-state index contributed by atoms with van der Waals surface area (Å²) in [6, 6.07) is 0.223. The zero-order valence-corrected chi connectivity index (χ0v) is 10.5. The van der Waals surface area contributed by atoms with Crippen LogP contribution < -0.4 is 5.32 Å². The van der Waals surface area contributed by atoms with Gasteiger partial charge in [0.2, 0.25) is 0 Å². The summed E-state index contributed by atoms with van der Waals surface area (Å²) in [4.78, 5) is 37.2. The second-order valence-electron chi connectivity index (χ2n) is 4.72. The highest BCUT2D eigenvalue weighted by Crippen LogP contribution is 2.27. The predicted molar refractivity (Wildman–Crippen MR) is 66.5 cm³/mol. The van der Waals surface area contributed by atoms with Crippen molar-refractivity contribution in [2.45, 2.75) is 18.9 Å². The highest BCUT2D eigenvalue weighted by Gasteiger charge is 2.32. The fourth-order valence-electron chi connectivity index (χ4n) is 2.10. The van der Waals surface area contributed by atoms with Gasteiger partial charge in [-0.05, 0) is 12.8 Å². The maximum absolute atomic E-state index is 11.7. The van der Waals surface area contributed by atoms with E-state index in [-0.39, 0.29) is 0 Å². The smallest absolute Gasteiger partial charge is 0.328 e. The first-order valence-electron chi connectivity index (χ1n) is 6.31. The van der Waals surface area contributed by atoms with Gasteiger partial charge in [0, 0.05) is 44.4 Å². The highest BCUT2D eigenvalue weighted by molar-refractivity contribution is 6.02. The number of imide groups is 1. The molecule has 0 radical (unpaired) electrons. The first kappa shape index (κ1) is 13.5. The molecule has 3 amide bonds. The van der Waals surface area contributed by atoms with Crippen LogP contribution in [0.15, 0.2) is 12.2 Å². The molecule has 1 aliphatic heterocycles. The zero-order valence-electron chi connectivity index (χ0n) is 10.5. The molecule has 7 nitrogen and oxygen atoms in total. The largest absolute Gasteiger partial charge is 0.478 e. The number of nitrogens with zero attached hydrogens (tertiary/aromatic N) is 2. The van der Waals surface area contributed by atoms with Crippen LogP contribution in [0.4, 0.5) is 4.79 Å². The normalized spacial score (nSPS) is 20.5. The molecule has 2 rings (SSSR count). The van der Waals surface area contributed by atoms with Crippen LogP contribution in [0.5, 0.6) is 0 Å². The second-order valence-corrected chi connectivity index (χ2v) is 4.72. The number of aliphatic carboxylic acids is 1. The summed E-state index contributed by atoms with van der Waals surface area (Å²) in [7, 11) is 0. The molecule has 0 spiro atoms. The zero-order chi connectivity index (χ0) is 13.8. The third-order valence-corrected chi connectivity index (χ3v) is 3.27. The summed E-state index contributed by atoms with van der Waals surface area (Å²) in [6.07, 6.45) is 4.02. The van der Waals surface area contributed by atoms with E-state index in [1.54, 1.807) is 4.90 Å². The van der Waals surface area contributed by atoms with Crippen molar-refractivity contribution in [3.63, 3.8) is 0 Å². The van der Waals surface area contributed by atoms with E-state index >= 15 is 0 Å². The molecule has 7 heteroatoms. The van der Waals surface area contributed by atoms with Gasteiger partial charge in [-0.3, -0.25) is 15.0 Å². The number of nitrogens with one attached hydrogen (secondary N) is 1. The van der Waals surface area contributed by atoms with Crippen LogP contribution >= 0.6 is 0 Å². The number of carboxylic acids is 1. The van der Waals surface area contributed by atoms with E-state index in [4.69, 9.17) is 5.11 Å². The Morgan fingerprint density at radius 1 is 1.05 bits per heavy atom. The van der Waals surface area contributed by atoms with Crippen molar-refractivity contribution in [2.24, 2.45) is 0 Å². The standard InChI is InChI=1S/C12H17N3O4/c16-10(3-4-11(17)18)13-12(19)15-7-5-14(6-8-15)9-1-2-9/h3-4,9H,1-2,5-8H2,(H,17,18)(H,13,16,19)/b4-3+. The molecule has 1 saturated carbocycles. The molecule has 104 valence electrons. The molecule has 0 bridgehead atoms. The third-order valence-electron chi connectivity index (χ3n) is 3.27. The van der Waals surface area contributed by atoms with E-state index in [0.717, 1.165) is 19.2 Å². The second kappa shape index (κ2) is 5.83. The summed E-state index contributed by atoms with van der Waals surface area (Å²) >= 11 is 0. The van der Waals surface area contributed by atoms with Crippen molar-refractivity contribution in [1.82, 2.24) is 15.1 Å². The molecule has 0 aromatic carbocycles. The Kier molecular flexibility index (Phi) is 4.16. The van der Waals surface area contributed by atoms with Gasteiger partial charge >= 0.3 is 12.0 Å². The number of rotatable bonds is 3. The minimum absolute atomic E-state index is 0.463. The van der Waals surface area contributed by atoms with Crippen LogP contribution in [0.2, 0.25) is 0 Å². The van der Waals surface area contributed by atoms with Gasteiger partial charge in [-0.2, -0.15) is 0 Å². The fourth-order valence-corrected chi connectivity index (χ4v) is 2.10. The summed E-state index contributed by atoms with van der Waals surface area (Å²) < 4.78 is 0. The van der Waals surface area contributed by atoms with Crippen molar-refractivity contribution < 1.29 is 19.5 Å². The Bertz CT molecular complexity index is 409. The van der Waals surface area contributed by atoms with Gasteiger partial charge in [0.25, 0.3) is 5.91 Å². The average Bonchev–Trinajstić information content (AvgIpc) is 3.21. The number of urea groups is 1. The lowest BCUT2D eigenvalue weighted by Gasteiger charge is -2.34. The number of piperazine rings is 1. The molecule has 0 aromatic heterocycles. The SMILES string of the molecule is O=C(O)/C=C/C(=O)NC(=O)N1CCN(C2CC2)CC1. The summed E-state index contributed by atoms with van der Waals surface area (Å²) in [5.74, 6) is -1.93. The van der Waals surface area contributed by atoms with Crippen molar-refractivity contribution in [3.05, 3.63) is 12.2 Å².